The van der Waals surface area contributed by atoms with Crippen molar-refractivity contribution in [1.82, 2.24) is 0 Å². The highest BCUT2D eigenvalue weighted by molar-refractivity contribution is 6.06. The lowest BCUT2D eigenvalue weighted by Gasteiger charge is -2.22. The van der Waals surface area contributed by atoms with Crippen LogP contribution in [0.15, 0.2) is 104 Å². The van der Waals surface area contributed by atoms with Crippen LogP contribution in [0, 0.1) is 0 Å². The van der Waals surface area contributed by atoms with E-state index in [4.69, 9.17) is 9.47 Å². The molecule has 0 atom stereocenters. The van der Waals surface area contributed by atoms with Gasteiger partial charge in [0.15, 0.2) is 5.78 Å². The Balaban J connectivity index is 0.000000142. The molecule has 168 valence electrons. The lowest BCUT2D eigenvalue weighted by Crippen LogP contribution is -2.18. The number of rotatable bonds is 6. The van der Waals surface area contributed by atoms with Crippen molar-refractivity contribution in [2.75, 3.05) is 0 Å². The van der Waals surface area contributed by atoms with Crippen LogP contribution in [0.1, 0.15) is 38.2 Å². The van der Waals surface area contributed by atoms with Crippen molar-refractivity contribution in [3.05, 3.63) is 137 Å². The zero-order chi connectivity index (χ0) is 23.3. The van der Waals surface area contributed by atoms with Crippen molar-refractivity contribution in [1.29, 1.82) is 0 Å². The van der Waals surface area contributed by atoms with E-state index in [1.165, 1.54) is 22.3 Å². The van der Waals surface area contributed by atoms with Crippen molar-refractivity contribution in [2.45, 2.75) is 26.1 Å². The van der Waals surface area contributed by atoms with E-state index in [0.717, 1.165) is 34.6 Å². The standard InChI is InChI=1S/C16H14O.C15H12O2/c1-12-9-14-7-8-15(10-16(12)14)17-11-13-5-3-2-4-6-13;16-15-8-12-6-7-13(9-14(12)15)17-10-11-4-2-1-3-5-11/h2-8,10H,1,9,11H2;1-7,9H,8,10H2. The van der Waals surface area contributed by atoms with Crippen LogP contribution in [0.2, 0.25) is 0 Å². The SMILES string of the molecule is C=C1Cc2ccc(OCc3ccccc3)cc21.O=C1Cc2ccc(OCc3ccccc3)cc21. The maximum atomic E-state index is 11.3. The van der Waals surface area contributed by atoms with Gasteiger partial charge in [-0.25, -0.2) is 0 Å². The monoisotopic (exact) mass is 446 g/mol. The molecule has 0 aromatic heterocycles. The Hall–Kier alpha value is -4.11. The van der Waals surface area contributed by atoms with Crippen molar-refractivity contribution in [3.63, 3.8) is 0 Å². The Labute approximate surface area is 200 Å². The molecular weight excluding hydrogens is 420 g/mol. The minimum absolute atomic E-state index is 0.213. The first-order chi connectivity index (χ1) is 16.7. The Bertz CT molecular complexity index is 1220. The number of hydrogen-bond donors (Lipinski definition) is 0. The van der Waals surface area contributed by atoms with Crippen molar-refractivity contribution >= 4 is 11.4 Å². The van der Waals surface area contributed by atoms with Gasteiger partial charge in [0.2, 0.25) is 0 Å². The number of carbonyl (C=O) groups is 1. The number of ketones is 1. The molecule has 0 amide bonds. The first-order valence-corrected chi connectivity index (χ1v) is 11.5. The number of fused-ring (bicyclic) bond motifs is 2. The molecule has 0 spiro atoms. The van der Waals surface area contributed by atoms with Crippen LogP contribution in [0.3, 0.4) is 0 Å². The van der Waals surface area contributed by atoms with Gasteiger partial charge in [0, 0.05) is 12.0 Å². The zero-order valence-electron chi connectivity index (χ0n) is 19.0. The van der Waals surface area contributed by atoms with Gasteiger partial charge in [-0.05, 0) is 64.1 Å². The van der Waals surface area contributed by atoms with Crippen LogP contribution < -0.4 is 9.47 Å². The van der Waals surface area contributed by atoms with Gasteiger partial charge < -0.3 is 9.47 Å². The molecule has 4 aromatic carbocycles. The number of benzene rings is 4. The highest BCUT2D eigenvalue weighted by atomic mass is 16.5. The molecule has 0 radical (unpaired) electrons. The number of hydrogen-bond acceptors (Lipinski definition) is 3. The normalized spacial score (nSPS) is 12.8. The summed E-state index contributed by atoms with van der Waals surface area (Å²) in [5, 5.41) is 0. The minimum atomic E-state index is 0.213. The third-order valence-electron chi connectivity index (χ3n) is 6.10. The van der Waals surface area contributed by atoms with E-state index in [1.54, 1.807) is 0 Å². The summed E-state index contributed by atoms with van der Waals surface area (Å²) in [6.45, 7) is 5.16. The van der Waals surface area contributed by atoms with Gasteiger partial charge >= 0.3 is 0 Å². The van der Waals surface area contributed by atoms with Gasteiger partial charge in [-0.2, -0.15) is 0 Å². The van der Waals surface area contributed by atoms with Crippen LogP contribution in [0.5, 0.6) is 11.5 Å². The second-order valence-corrected chi connectivity index (χ2v) is 8.57. The summed E-state index contributed by atoms with van der Waals surface area (Å²) in [5.74, 6) is 1.90. The second-order valence-electron chi connectivity index (χ2n) is 8.57. The molecule has 0 saturated heterocycles. The van der Waals surface area contributed by atoms with E-state index in [2.05, 4.69) is 30.8 Å². The van der Waals surface area contributed by atoms with Crippen molar-refractivity contribution < 1.29 is 14.3 Å². The van der Waals surface area contributed by atoms with E-state index in [9.17, 15) is 4.79 Å². The molecule has 0 bridgehead atoms. The summed E-state index contributed by atoms with van der Waals surface area (Å²) in [5.41, 5.74) is 8.11. The molecule has 0 heterocycles. The lowest BCUT2D eigenvalue weighted by atomic mass is 9.84. The Morgan fingerprint density at radius 2 is 1.12 bits per heavy atom. The molecule has 0 aliphatic heterocycles. The number of allylic oxidation sites excluding steroid dienone is 1. The smallest absolute Gasteiger partial charge is 0.167 e. The van der Waals surface area contributed by atoms with E-state index < -0.39 is 0 Å². The first kappa shape index (κ1) is 21.7. The predicted molar refractivity (Wildman–Crippen MR) is 135 cm³/mol. The van der Waals surface area contributed by atoms with Crippen LogP contribution >= 0.6 is 0 Å². The topological polar surface area (TPSA) is 35.5 Å². The highest BCUT2D eigenvalue weighted by Crippen LogP contribution is 2.35. The summed E-state index contributed by atoms with van der Waals surface area (Å²) in [4.78, 5) is 11.3. The molecule has 0 saturated carbocycles. The molecule has 2 aliphatic carbocycles. The Kier molecular flexibility index (Phi) is 6.26. The largest absolute Gasteiger partial charge is 0.489 e. The maximum absolute atomic E-state index is 11.3. The summed E-state index contributed by atoms with van der Waals surface area (Å²) >= 11 is 0. The molecule has 0 N–H and O–H groups in total. The average molecular weight is 447 g/mol. The van der Waals surface area contributed by atoms with Gasteiger partial charge in [0.05, 0.1) is 0 Å². The number of carbonyl (C=O) groups excluding carboxylic acids is 1. The molecule has 0 unspecified atom stereocenters. The third-order valence-corrected chi connectivity index (χ3v) is 6.10. The first-order valence-electron chi connectivity index (χ1n) is 11.5. The summed E-state index contributed by atoms with van der Waals surface area (Å²) in [6.07, 6.45) is 1.60. The molecule has 2 aliphatic rings. The minimum Gasteiger partial charge on any atom is -0.489 e. The van der Waals surface area contributed by atoms with Gasteiger partial charge in [-0.1, -0.05) is 79.4 Å². The number of ether oxygens (including phenoxy) is 2. The van der Waals surface area contributed by atoms with Gasteiger partial charge in [-0.15, -0.1) is 0 Å². The van der Waals surface area contributed by atoms with Crippen LogP contribution in [-0.4, -0.2) is 5.78 Å². The van der Waals surface area contributed by atoms with Gasteiger partial charge in [-0.3, -0.25) is 4.79 Å². The molecule has 6 rings (SSSR count). The second kappa shape index (κ2) is 9.80. The zero-order valence-corrected chi connectivity index (χ0v) is 19.0. The predicted octanol–water partition coefficient (Wildman–Crippen LogP) is 6.84. The van der Waals surface area contributed by atoms with Crippen LogP contribution in [0.25, 0.3) is 5.57 Å². The van der Waals surface area contributed by atoms with Crippen LogP contribution in [0.4, 0.5) is 0 Å². The third kappa shape index (κ3) is 4.94. The van der Waals surface area contributed by atoms with E-state index in [0.29, 0.717) is 19.6 Å². The quantitative estimate of drug-likeness (QED) is 0.325. The highest BCUT2D eigenvalue weighted by Gasteiger charge is 2.23. The summed E-state index contributed by atoms with van der Waals surface area (Å²) < 4.78 is 11.4. The molecular formula is C31H26O3. The molecule has 3 nitrogen and oxygen atoms in total. The average Bonchev–Trinajstić information content (AvgIpc) is 2.87. The van der Waals surface area contributed by atoms with Crippen LogP contribution in [-0.2, 0) is 26.1 Å². The van der Waals surface area contributed by atoms with Crippen molar-refractivity contribution in [2.24, 2.45) is 0 Å². The molecule has 34 heavy (non-hydrogen) atoms. The van der Waals surface area contributed by atoms with Gasteiger partial charge in [0.25, 0.3) is 0 Å². The van der Waals surface area contributed by atoms with E-state index >= 15 is 0 Å². The van der Waals surface area contributed by atoms with E-state index in [-0.39, 0.29) is 5.78 Å². The summed E-state index contributed by atoms with van der Waals surface area (Å²) in [6, 6.07) is 32.2. The van der Waals surface area contributed by atoms with E-state index in [1.807, 2.05) is 72.8 Å². The van der Waals surface area contributed by atoms with Gasteiger partial charge in [0.1, 0.15) is 24.7 Å². The lowest BCUT2D eigenvalue weighted by molar-refractivity contribution is 0.0967. The molecule has 3 heteroatoms. The summed E-state index contributed by atoms with van der Waals surface area (Å²) in [7, 11) is 0. The Morgan fingerprint density at radius 3 is 1.62 bits per heavy atom. The Morgan fingerprint density at radius 1 is 0.618 bits per heavy atom. The molecule has 4 aromatic rings. The fraction of sp³-hybridized carbons (Fsp3) is 0.129. The van der Waals surface area contributed by atoms with Crippen molar-refractivity contribution in [3.8, 4) is 11.5 Å². The number of Topliss-reactive ketones (excluding diaryl/α,β-unsaturated/α-hetero) is 1. The molecule has 0 fully saturated rings. The fourth-order valence-electron chi connectivity index (χ4n) is 4.05. The maximum Gasteiger partial charge on any atom is 0.167 e. The fourth-order valence-corrected chi connectivity index (χ4v) is 4.05.